The first-order chi connectivity index (χ1) is 18.2. The van der Waals surface area contributed by atoms with Crippen molar-refractivity contribution in [2.24, 2.45) is 0 Å². The molecule has 0 saturated carbocycles. The van der Waals surface area contributed by atoms with Gasteiger partial charge in [-0.25, -0.2) is 4.79 Å². The number of Topliss-reactive ketones (excluding diaryl/α,β-unsaturated/α-hetero) is 1. The summed E-state index contributed by atoms with van der Waals surface area (Å²) in [5, 5.41) is 4.36. The molecule has 2 amide bonds. The number of methoxy groups -OCH3 is 1. The minimum absolute atomic E-state index is 0.0269. The standard InChI is InChI=1S/C31H38N2O4Si/c1-36-26-14-12-25(13-15-26)30(29(34)20-23-10-16-28(17-11-23)38(2,3)4)32-31(35)33-19-18-27(21-33)37-22-24-8-6-5-7-9-24/h5-17,27,30H,18-22H2,1-4H3,(H,32,35). The van der Waals surface area contributed by atoms with Crippen LogP contribution in [0, 0.1) is 0 Å². The molecule has 2 unspecified atom stereocenters. The molecule has 6 nitrogen and oxygen atoms in total. The van der Waals surface area contributed by atoms with Crippen LogP contribution < -0.4 is 15.2 Å². The van der Waals surface area contributed by atoms with Crippen LogP contribution in [0.25, 0.3) is 0 Å². The van der Waals surface area contributed by atoms with E-state index in [0.29, 0.717) is 25.4 Å². The maximum absolute atomic E-state index is 13.5. The highest BCUT2D eigenvalue weighted by Gasteiger charge is 2.30. The highest BCUT2D eigenvalue weighted by atomic mass is 28.3. The van der Waals surface area contributed by atoms with Crippen LogP contribution in [-0.2, 0) is 22.6 Å². The molecule has 200 valence electrons. The Kier molecular flexibility index (Phi) is 9.02. The number of ketones is 1. The van der Waals surface area contributed by atoms with Crippen molar-refractivity contribution >= 4 is 25.1 Å². The van der Waals surface area contributed by atoms with Gasteiger partial charge in [0.05, 0.1) is 27.9 Å². The maximum Gasteiger partial charge on any atom is 0.318 e. The summed E-state index contributed by atoms with van der Waals surface area (Å²) >= 11 is 0. The van der Waals surface area contributed by atoms with E-state index in [0.717, 1.165) is 23.1 Å². The van der Waals surface area contributed by atoms with E-state index in [1.807, 2.05) is 66.7 Å². The summed E-state index contributed by atoms with van der Waals surface area (Å²) in [7, 11) is 0.187. The third kappa shape index (κ3) is 7.33. The lowest BCUT2D eigenvalue weighted by Crippen LogP contribution is -2.43. The molecule has 1 heterocycles. The number of rotatable bonds is 10. The number of hydrogen-bond donors (Lipinski definition) is 1. The predicted molar refractivity (Wildman–Crippen MR) is 154 cm³/mol. The first-order valence-corrected chi connectivity index (χ1v) is 16.7. The number of ether oxygens (including phenoxy) is 2. The molecule has 1 aliphatic heterocycles. The van der Waals surface area contributed by atoms with Gasteiger partial charge in [0.1, 0.15) is 11.8 Å². The van der Waals surface area contributed by atoms with Gasteiger partial charge in [-0.05, 0) is 35.2 Å². The van der Waals surface area contributed by atoms with Crippen molar-refractivity contribution in [3.63, 3.8) is 0 Å². The minimum Gasteiger partial charge on any atom is -0.497 e. The first kappa shape index (κ1) is 27.6. The van der Waals surface area contributed by atoms with E-state index in [9.17, 15) is 9.59 Å². The van der Waals surface area contributed by atoms with Crippen LogP contribution in [0.1, 0.15) is 29.2 Å². The quantitative estimate of drug-likeness (QED) is 0.371. The number of nitrogens with zero attached hydrogens (tertiary/aromatic N) is 1. The number of likely N-dealkylation sites (tertiary alicyclic amines) is 1. The normalized spacial score (nSPS) is 16.2. The van der Waals surface area contributed by atoms with E-state index in [1.54, 1.807) is 12.0 Å². The zero-order valence-electron chi connectivity index (χ0n) is 22.8. The Bertz CT molecular complexity index is 1210. The van der Waals surface area contributed by atoms with Gasteiger partial charge in [0.25, 0.3) is 0 Å². The molecular formula is C31H38N2O4Si. The topological polar surface area (TPSA) is 67.9 Å². The van der Waals surface area contributed by atoms with Gasteiger partial charge in [-0.3, -0.25) is 4.79 Å². The van der Waals surface area contributed by atoms with Crippen molar-refractivity contribution in [3.05, 3.63) is 95.6 Å². The summed E-state index contributed by atoms with van der Waals surface area (Å²) in [4.78, 5) is 28.6. The van der Waals surface area contributed by atoms with Crippen LogP contribution in [0.4, 0.5) is 4.79 Å². The number of hydrogen-bond acceptors (Lipinski definition) is 4. The Labute approximate surface area is 227 Å². The maximum atomic E-state index is 13.5. The third-order valence-corrected chi connectivity index (χ3v) is 9.06. The van der Waals surface area contributed by atoms with Crippen molar-refractivity contribution in [1.29, 1.82) is 0 Å². The van der Waals surface area contributed by atoms with Crippen LogP contribution in [0.3, 0.4) is 0 Å². The predicted octanol–water partition coefficient (Wildman–Crippen LogP) is 5.09. The van der Waals surface area contributed by atoms with E-state index in [2.05, 4.69) is 37.1 Å². The number of urea groups is 1. The highest BCUT2D eigenvalue weighted by molar-refractivity contribution is 6.88. The van der Waals surface area contributed by atoms with Crippen LogP contribution >= 0.6 is 0 Å². The first-order valence-electron chi connectivity index (χ1n) is 13.2. The Balaban J connectivity index is 1.42. The summed E-state index contributed by atoms with van der Waals surface area (Å²) in [6, 6.07) is 24.7. The molecule has 2 atom stereocenters. The summed E-state index contributed by atoms with van der Waals surface area (Å²) in [5.41, 5.74) is 2.79. The fraction of sp³-hybridized carbons (Fsp3) is 0.355. The van der Waals surface area contributed by atoms with Crippen molar-refractivity contribution in [3.8, 4) is 5.75 Å². The van der Waals surface area contributed by atoms with Crippen molar-refractivity contribution in [1.82, 2.24) is 10.2 Å². The molecule has 38 heavy (non-hydrogen) atoms. The molecule has 0 spiro atoms. The molecule has 3 aromatic rings. The summed E-state index contributed by atoms with van der Waals surface area (Å²) < 4.78 is 11.3. The summed E-state index contributed by atoms with van der Waals surface area (Å²) in [6.07, 6.45) is 0.984. The highest BCUT2D eigenvalue weighted by Crippen LogP contribution is 2.22. The Morgan fingerprint density at radius 3 is 2.26 bits per heavy atom. The lowest BCUT2D eigenvalue weighted by molar-refractivity contribution is -0.120. The second-order valence-corrected chi connectivity index (χ2v) is 16.0. The van der Waals surface area contributed by atoms with Crippen molar-refractivity contribution < 1.29 is 19.1 Å². The Hall–Kier alpha value is -3.42. The van der Waals surface area contributed by atoms with E-state index >= 15 is 0 Å². The second-order valence-electron chi connectivity index (χ2n) is 10.9. The number of carbonyl (C=O) groups is 2. The van der Waals surface area contributed by atoms with Gasteiger partial charge in [-0.15, -0.1) is 0 Å². The lowest BCUT2D eigenvalue weighted by Gasteiger charge is -2.23. The zero-order chi connectivity index (χ0) is 27.1. The van der Waals surface area contributed by atoms with Crippen LogP contribution in [0.15, 0.2) is 78.9 Å². The summed E-state index contributed by atoms with van der Waals surface area (Å²) in [5.74, 6) is 0.645. The molecule has 1 N–H and O–H groups in total. The largest absolute Gasteiger partial charge is 0.497 e. The zero-order valence-corrected chi connectivity index (χ0v) is 23.8. The van der Waals surface area contributed by atoms with Crippen LogP contribution in [0.2, 0.25) is 19.6 Å². The van der Waals surface area contributed by atoms with Crippen molar-refractivity contribution in [2.75, 3.05) is 20.2 Å². The molecule has 1 fully saturated rings. The fourth-order valence-corrected chi connectivity index (χ4v) is 5.79. The van der Waals surface area contributed by atoms with Gasteiger partial charge < -0.3 is 19.7 Å². The molecule has 0 bridgehead atoms. The Morgan fingerprint density at radius 1 is 0.947 bits per heavy atom. The van der Waals surface area contributed by atoms with Gasteiger partial charge in [0.15, 0.2) is 5.78 Å². The fourth-order valence-electron chi connectivity index (χ4n) is 4.62. The summed E-state index contributed by atoms with van der Waals surface area (Å²) in [6.45, 7) is 8.52. The number of benzene rings is 3. The minimum atomic E-state index is -1.42. The number of amides is 2. The van der Waals surface area contributed by atoms with Gasteiger partial charge in [0.2, 0.25) is 0 Å². The molecule has 7 heteroatoms. The molecular weight excluding hydrogens is 492 g/mol. The molecule has 1 aliphatic rings. The van der Waals surface area contributed by atoms with Crippen molar-refractivity contribution in [2.45, 2.75) is 51.2 Å². The molecule has 4 rings (SSSR count). The van der Waals surface area contributed by atoms with E-state index < -0.39 is 14.1 Å². The average Bonchev–Trinajstić information content (AvgIpc) is 3.40. The van der Waals surface area contributed by atoms with E-state index in [-0.39, 0.29) is 24.3 Å². The molecule has 0 aromatic heterocycles. The smallest absolute Gasteiger partial charge is 0.318 e. The number of nitrogens with one attached hydrogen (secondary N) is 1. The van der Waals surface area contributed by atoms with Gasteiger partial charge in [0, 0.05) is 19.5 Å². The SMILES string of the molecule is COc1ccc(C(NC(=O)N2CCC(OCc3ccccc3)C2)C(=O)Cc2ccc([Si](C)(C)C)cc2)cc1. The van der Waals surface area contributed by atoms with E-state index in [1.165, 1.54) is 5.19 Å². The van der Waals surface area contributed by atoms with Crippen LogP contribution in [-0.4, -0.2) is 51.1 Å². The monoisotopic (exact) mass is 530 g/mol. The average molecular weight is 531 g/mol. The molecule has 1 saturated heterocycles. The lowest BCUT2D eigenvalue weighted by atomic mass is 9.97. The van der Waals surface area contributed by atoms with E-state index in [4.69, 9.17) is 9.47 Å². The van der Waals surface area contributed by atoms with Gasteiger partial charge >= 0.3 is 6.03 Å². The third-order valence-electron chi connectivity index (χ3n) is 7.00. The number of carbonyl (C=O) groups excluding carboxylic acids is 2. The van der Waals surface area contributed by atoms with Gasteiger partial charge in [-0.2, -0.15) is 0 Å². The molecule has 0 radical (unpaired) electrons. The Morgan fingerprint density at radius 2 is 1.63 bits per heavy atom. The molecule has 3 aromatic carbocycles. The van der Waals surface area contributed by atoms with Gasteiger partial charge in [-0.1, -0.05) is 91.6 Å². The molecule has 0 aliphatic carbocycles. The van der Waals surface area contributed by atoms with Crippen LogP contribution in [0.5, 0.6) is 5.75 Å². The second kappa shape index (κ2) is 12.4.